The van der Waals surface area contributed by atoms with Crippen LogP contribution < -0.4 is 5.32 Å². The molecule has 0 aliphatic carbocycles. The number of hydrogen-bond acceptors (Lipinski definition) is 2. The van der Waals surface area contributed by atoms with Crippen LogP contribution in [-0.4, -0.2) is 0 Å². The van der Waals surface area contributed by atoms with Gasteiger partial charge in [-0.2, -0.15) is 0 Å². The fraction of sp³-hybridized carbons (Fsp3) is 0.0588. The Kier molecular flexibility index (Phi) is 5.22. The Balaban J connectivity index is 1.74. The first-order chi connectivity index (χ1) is 11.0. The van der Waals surface area contributed by atoms with Crippen molar-refractivity contribution in [1.82, 2.24) is 0 Å². The second kappa shape index (κ2) is 7.18. The lowest BCUT2D eigenvalue weighted by molar-refractivity contribution is 0.531. The molecular formula is C17H11BrCl3NO. The van der Waals surface area contributed by atoms with E-state index < -0.39 is 0 Å². The van der Waals surface area contributed by atoms with E-state index in [2.05, 4.69) is 21.2 Å². The Labute approximate surface area is 157 Å². The molecule has 2 aromatic carbocycles. The molecule has 1 heterocycles. The van der Waals surface area contributed by atoms with Gasteiger partial charge in [0.05, 0.1) is 11.6 Å². The third-order valence-electron chi connectivity index (χ3n) is 3.19. The minimum atomic E-state index is 0.519. The maximum absolute atomic E-state index is 6.25. The molecule has 0 fully saturated rings. The van der Waals surface area contributed by atoms with Crippen molar-refractivity contribution in [3.05, 3.63) is 73.8 Å². The van der Waals surface area contributed by atoms with Crippen molar-refractivity contribution in [2.24, 2.45) is 0 Å². The van der Waals surface area contributed by atoms with Gasteiger partial charge in [0.25, 0.3) is 0 Å². The topological polar surface area (TPSA) is 25.2 Å². The second-order valence-corrected chi connectivity index (χ2v) is 7.10. The molecule has 0 amide bonds. The van der Waals surface area contributed by atoms with E-state index in [0.29, 0.717) is 21.6 Å². The van der Waals surface area contributed by atoms with Gasteiger partial charge >= 0.3 is 0 Å². The average molecular weight is 432 g/mol. The zero-order chi connectivity index (χ0) is 16.4. The van der Waals surface area contributed by atoms with Crippen LogP contribution in [0, 0.1) is 0 Å². The Hall–Kier alpha value is -1.13. The highest BCUT2D eigenvalue weighted by atomic mass is 79.9. The number of anilines is 1. The third kappa shape index (κ3) is 4.24. The van der Waals surface area contributed by atoms with Crippen LogP contribution in [0.4, 0.5) is 5.69 Å². The molecular weight excluding hydrogens is 420 g/mol. The fourth-order valence-corrected chi connectivity index (χ4v) is 3.44. The van der Waals surface area contributed by atoms with E-state index in [-0.39, 0.29) is 0 Å². The summed E-state index contributed by atoms with van der Waals surface area (Å²) >= 11 is 21.6. The van der Waals surface area contributed by atoms with Gasteiger partial charge in [-0.15, -0.1) is 0 Å². The van der Waals surface area contributed by atoms with Crippen LogP contribution in [0.15, 0.2) is 57.4 Å². The highest BCUT2D eigenvalue weighted by Crippen LogP contribution is 2.32. The van der Waals surface area contributed by atoms with Gasteiger partial charge in [-0.25, -0.2) is 0 Å². The van der Waals surface area contributed by atoms with Gasteiger partial charge in [-0.1, -0.05) is 50.7 Å². The summed E-state index contributed by atoms with van der Waals surface area (Å²) in [6.45, 7) is 0.519. The quantitative estimate of drug-likeness (QED) is 0.469. The number of rotatable bonds is 4. The zero-order valence-corrected chi connectivity index (χ0v) is 15.6. The molecule has 1 aromatic heterocycles. The molecule has 0 aliphatic heterocycles. The zero-order valence-electron chi connectivity index (χ0n) is 11.7. The number of nitrogens with one attached hydrogen (secondary N) is 1. The molecule has 3 aromatic rings. The molecule has 118 valence electrons. The van der Waals surface area contributed by atoms with E-state index in [4.69, 9.17) is 39.2 Å². The lowest BCUT2D eigenvalue weighted by Crippen LogP contribution is -1.97. The van der Waals surface area contributed by atoms with Crippen molar-refractivity contribution < 1.29 is 4.42 Å². The van der Waals surface area contributed by atoms with Crippen LogP contribution in [-0.2, 0) is 6.54 Å². The van der Waals surface area contributed by atoms with Crippen LogP contribution in [0.25, 0.3) is 11.3 Å². The van der Waals surface area contributed by atoms with Crippen LogP contribution in [0.1, 0.15) is 5.76 Å². The van der Waals surface area contributed by atoms with Gasteiger partial charge in [0.2, 0.25) is 0 Å². The van der Waals surface area contributed by atoms with Crippen LogP contribution >= 0.6 is 50.7 Å². The first-order valence-corrected chi connectivity index (χ1v) is 8.68. The predicted octanol–water partition coefficient (Wildman–Crippen LogP) is 7.28. The molecule has 2 nitrogen and oxygen atoms in total. The van der Waals surface area contributed by atoms with Crippen LogP contribution in [0.3, 0.4) is 0 Å². The average Bonchev–Trinajstić information content (AvgIpc) is 2.93. The van der Waals surface area contributed by atoms with Gasteiger partial charge in [0, 0.05) is 25.8 Å². The summed E-state index contributed by atoms with van der Waals surface area (Å²) in [4.78, 5) is 0. The third-order valence-corrected chi connectivity index (χ3v) is 4.43. The molecule has 1 N–H and O–H groups in total. The molecule has 0 atom stereocenters. The predicted molar refractivity (Wildman–Crippen MR) is 101 cm³/mol. The number of benzene rings is 2. The lowest BCUT2D eigenvalue weighted by atomic mass is 10.2. The molecule has 3 rings (SSSR count). The molecule has 23 heavy (non-hydrogen) atoms. The van der Waals surface area contributed by atoms with Crippen molar-refractivity contribution in [2.45, 2.75) is 6.54 Å². The Bertz CT molecular complexity index is 827. The first-order valence-electron chi connectivity index (χ1n) is 6.75. The normalized spacial score (nSPS) is 10.8. The van der Waals surface area contributed by atoms with Crippen molar-refractivity contribution in [3.63, 3.8) is 0 Å². The van der Waals surface area contributed by atoms with Gasteiger partial charge in [-0.3, -0.25) is 0 Å². The minimum absolute atomic E-state index is 0.519. The van der Waals surface area contributed by atoms with E-state index in [1.807, 2.05) is 42.5 Å². The van der Waals surface area contributed by atoms with Crippen molar-refractivity contribution in [2.75, 3.05) is 5.32 Å². The largest absolute Gasteiger partial charge is 0.459 e. The molecule has 0 unspecified atom stereocenters. The van der Waals surface area contributed by atoms with E-state index in [1.54, 1.807) is 6.07 Å². The van der Waals surface area contributed by atoms with Gasteiger partial charge < -0.3 is 9.73 Å². The number of furan rings is 1. The van der Waals surface area contributed by atoms with Gasteiger partial charge in [0.15, 0.2) is 0 Å². The van der Waals surface area contributed by atoms with Crippen LogP contribution in [0.2, 0.25) is 15.1 Å². The monoisotopic (exact) mass is 429 g/mol. The second-order valence-electron chi connectivity index (χ2n) is 4.90. The van der Waals surface area contributed by atoms with Crippen LogP contribution in [0.5, 0.6) is 0 Å². The minimum Gasteiger partial charge on any atom is -0.459 e. The van der Waals surface area contributed by atoms with E-state index in [9.17, 15) is 0 Å². The van der Waals surface area contributed by atoms with Gasteiger partial charge in [-0.05, 0) is 48.5 Å². The molecule has 6 heteroatoms. The molecule has 0 saturated carbocycles. The highest BCUT2D eigenvalue weighted by Gasteiger charge is 2.09. The Morgan fingerprint density at radius 1 is 0.913 bits per heavy atom. The summed E-state index contributed by atoms with van der Waals surface area (Å²) in [7, 11) is 0. The first kappa shape index (κ1) is 16.7. The standard InChI is InChI=1S/C17H11BrCl3NO/c18-10-1-3-15(16(21)5-10)17-4-2-14(23-17)9-22-13-7-11(19)6-12(20)8-13/h1-8,22H,9H2. The molecule has 0 saturated heterocycles. The summed E-state index contributed by atoms with van der Waals surface area (Å²) in [5.41, 5.74) is 1.69. The molecule has 0 radical (unpaired) electrons. The fourth-order valence-electron chi connectivity index (χ4n) is 2.15. The Morgan fingerprint density at radius 3 is 2.35 bits per heavy atom. The van der Waals surface area contributed by atoms with E-state index >= 15 is 0 Å². The molecule has 0 spiro atoms. The summed E-state index contributed by atoms with van der Waals surface area (Å²) in [6.07, 6.45) is 0. The molecule has 0 bridgehead atoms. The van der Waals surface area contributed by atoms with Gasteiger partial charge in [0.1, 0.15) is 11.5 Å². The van der Waals surface area contributed by atoms with Crippen molar-refractivity contribution in [1.29, 1.82) is 0 Å². The lowest BCUT2D eigenvalue weighted by Gasteiger charge is -2.06. The highest BCUT2D eigenvalue weighted by molar-refractivity contribution is 9.10. The summed E-state index contributed by atoms with van der Waals surface area (Å²) in [5, 5.41) is 5.03. The number of halogens is 4. The summed E-state index contributed by atoms with van der Waals surface area (Å²) < 4.78 is 6.77. The van der Waals surface area contributed by atoms with E-state index in [0.717, 1.165) is 27.2 Å². The van der Waals surface area contributed by atoms with Crippen molar-refractivity contribution in [3.8, 4) is 11.3 Å². The smallest absolute Gasteiger partial charge is 0.135 e. The Morgan fingerprint density at radius 2 is 1.65 bits per heavy atom. The molecule has 0 aliphatic rings. The maximum atomic E-state index is 6.25. The maximum Gasteiger partial charge on any atom is 0.135 e. The van der Waals surface area contributed by atoms with Crippen molar-refractivity contribution >= 4 is 56.4 Å². The SMILES string of the molecule is Clc1cc(Cl)cc(NCc2ccc(-c3ccc(Br)cc3Cl)o2)c1. The van der Waals surface area contributed by atoms with E-state index in [1.165, 1.54) is 0 Å². The number of hydrogen-bond donors (Lipinski definition) is 1. The summed E-state index contributed by atoms with van der Waals surface area (Å²) in [6, 6.07) is 14.8. The summed E-state index contributed by atoms with van der Waals surface area (Å²) in [5.74, 6) is 1.51.